The Morgan fingerprint density at radius 1 is 0.803 bits per heavy atom. The van der Waals surface area contributed by atoms with Crippen molar-refractivity contribution in [2.45, 2.75) is 48.5 Å². The number of anilines is 4. The highest BCUT2D eigenvalue weighted by atomic mass is 32.2. The number of oxazole rings is 1. The van der Waals surface area contributed by atoms with E-state index in [0.29, 0.717) is 22.2 Å². The average Bonchev–Trinajstić information content (AvgIpc) is 4.05. The molecule has 0 aliphatic carbocycles. The van der Waals surface area contributed by atoms with E-state index in [1.54, 1.807) is 47.6 Å². The molecule has 0 saturated heterocycles. The number of nitrogen functional groups attached to an aromatic ring is 2. The lowest BCUT2D eigenvalue weighted by Gasteiger charge is -2.00. The third-order valence-electron chi connectivity index (χ3n) is 6.42. The molecule has 328 valence electrons. The van der Waals surface area contributed by atoms with Crippen LogP contribution in [0.5, 0.6) is 5.75 Å². The molecule has 0 amide bonds. The lowest BCUT2D eigenvalue weighted by atomic mass is 10.2. The minimum atomic E-state index is -0.757. The predicted molar refractivity (Wildman–Crippen MR) is 212 cm³/mol. The number of ketones is 1. The van der Waals surface area contributed by atoms with Crippen LogP contribution in [0.4, 0.5) is 38.5 Å². The number of thioether (sulfide) groups is 1. The largest absolute Gasteiger partial charge is 0.506 e. The molecule has 61 heavy (non-hydrogen) atoms. The molecule has 0 radical (unpaired) electrons. The van der Waals surface area contributed by atoms with E-state index < -0.39 is 29.5 Å². The number of carbonyl (C=O) groups is 4. The topological polar surface area (TPSA) is 335 Å². The summed E-state index contributed by atoms with van der Waals surface area (Å²) < 4.78 is 59.2. The maximum Gasteiger partial charge on any atom is 0.396 e. The molecular formula is C35H41F2N11O12S. The van der Waals surface area contributed by atoms with E-state index in [0.717, 1.165) is 11.1 Å². The van der Waals surface area contributed by atoms with Crippen molar-refractivity contribution < 1.29 is 64.9 Å². The third kappa shape index (κ3) is 17.1. The number of nitrogens with zero attached hydrogens (tertiary/aromatic N) is 8. The molecule has 0 bridgehead atoms. The van der Waals surface area contributed by atoms with E-state index in [1.807, 2.05) is 6.26 Å². The SMILES string of the molecule is CCOC(=O)C(C)=O.CCOC(=O)c1nnc(N)o1.CCOC(=O)c1nnc(N=C(C)SC)o1.Cc1cc(O)c(N)cc1F.Cc1cc2oc(Nc3nnco3)nc2cc1F. The van der Waals surface area contributed by atoms with Crippen LogP contribution in [-0.4, -0.2) is 95.5 Å². The summed E-state index contributed by atoms with van der Waals surface area (Å²) in [5, 5.41) is 33.2. The number of aromatic hydroxyl groups is 1. The maximum absolute atomic E-state index is 13.3. The molecule has 0 spiro atoms. The highest BCUT2D eigenvalue weighted by molar-refractivity contribution is 8.13. The van der Waals surface area contributed by atoms with Gasteiger partial charge < -0.3 is 48.5 Å². The predicted octanol–water partition coefficient (Wildman–Crippen LogP) is 5.45. The summed E-state index contributed by atoms with van der Waals surface area (Å²) in [6.45, 7) is 12.0. The third-order valence-corrected chi connectivity index (χ3v) is 7.10. The first-order valence-corrected chi connectivity index (χ1v) is 18.5. The van der Waals surface area contributed by atoms with Crippen molar-refractivity contribution in [1.29, 1.82) is 0 Å². The zero-order valence-corrected chi connectivity index (χ0v) is 34.7. The Morgan fingerprint density at radius 3 is 1.90 bits per heavy atom. The molecule has 6 aromatic rings. The number of hydrogen-bond donors (Lipinski definition) is 4. The Labute approximate surface area is 348 Å². The van der Waals surface area contributed by atoms with Gasteiger partial charge in [0.25, 0.3) is 0 Å². The molecule has 0 atom stereocenters. The van der Waals surface area contributed by atoms with Crippen LogP contribution in [0, 0.1) is 25.5 Å². The van der Waals surface area contributed by atoms with Crippen LogP contribution in [-0.2, 0) is 23.8 Å². The number of nitrogens with one attached hydrogen (secondary N) is 1. The van der Waals surface area contributed by atoms with Crippen molar-refractivity contribution in [3.63, 3.8) is 0 Å². The number of benzene rings is 2. The number of rotatable bonds is 9. The number of aryl methyl sites for hydroxylation is 2. The zero-order chi connectivity index (χ0) is 45.6. The average molecular weight is 878 g/mol. The molecule has 23 nitrogen and oxygen atoms in total. The number of fused-ring (bicyclic) bond motifs is 1. The normalized spacial score (nSPS) is 10.3. The number of ether oxygens (including phenoxy) is 3. The molecule has 6 N–H and O–H groups in total. The summed E-state index contributed by atoms with van der Waals surface area (Å²) >= 11 is 1.45. The number of phenolic OH excluding ortho intramolecular Hbond substituents is 1. The minimum absolute atomic E-state index is 0.0601. The first kappa shape index (κ1) is 49.6. The van der Waals surface area contributed by atoms with Crippen LogP contribution in [0.3, 0.4) is 0 Å². The summed E-state index contributed by atoms with van der Waals surface area (Å²) in [6, 6.07) is 5.54. The number of aliphatic imine (C=N–C) groups is 1. The van der Waals surface area contributed by atoms with E-state index >= 15 is 0 Å². The van der Waals surface area contributed by atoms with Crippen LogP contribution in [0.15, 0.2) is 53.3 Å². The molecule has 4 heterocycles. The van der Waals surface area contributed by atoms with Crippen molar-refractivity contribution >= 4 is 81.3 Å². The number of halogens is 2. The Balaban J connectivity index is 0.000000270. The van der Waals surface area contributed by atoms with Gasteiger partial charge in [-0.25, -0.2) is 23.2 Å². The van der Waals surface area contributed by atoms with Crippen LogP contribution < -0.4 is 16.8 Å². The number of hydrogen-bond acceptors (Lipinski definition) is 24. The fraction of sp³-hybridized carbons (Fsp3) is 0.314. The number of aromatic nitrogens is 7. The zero-order valence-electron chi connectivity index (χ0n) is 33.8. The van der Waals surface area contributed by atoms with E-state index in [-0.39, 0.29) is 72.9 Å². The quantitative estimate of drug-likeness (QED) is 0.0267. The molecular weight excluding hydrogens is 837 g/mol. The molecule has 0 fully saturated rings. The van der Waals surface area contributed by atoms with Gasteiger partial charge in [-0.2, -0.15) is 9.98 Å². The number of phenols is 1. The van der Waals surface area contributed by atoms with Gasteiger partial charge in [0.2, 0.25) is 12.2 Å². The van der Waals surface area contributed by atoms with Crippen molar-refractivity contribution in [3.8, 4) is 5.75 Å². The number of Topliss-reactive ketones (excluding diaryl/α,β-unsaturated/α-hetero) is 1. The lowest BCUT2D eigenvalue weighted by molar-refractivity contribution is -0.152. The molecule has 0 saturated carbocycles. The highest BCUT2D eigenvalue weighted by Gasteiger charge is 2.16. The molecule has 0 aliphatic rings. The van der Waals surface area contributed by atoms with Gasteiger partial charge in [-0.15, -0.1) is 16.9 Å². The van der Waals surface area contributed by atoms with E-state index in [9.17, 15) is 28.0 Å². The van der Waals surface area contributed by atoms with Gasteiger partial charge in [0, 0.05) is 19.1 Å². The molecule has 0 unspecified atom stereocenters. The maximum atomic E-state index is 13.3. The number of nitrogens with two attached hydrogens (primary N) is 2. The smallest absolute Gasteiger partial charge is 0.396 e. The van der Waals surface area contributed by atoms with Gasteiger partial charge in [-0.3, -0.25) is 10.1 Å². The van der Waals surface area contributed by atoms with Gasteiger partial charge in [-0.1, -0.05) is 25.5 Å². The molecule has 4 aromatic heterocycles. The summed E-state index contributed by atoms with van der Waals surface area (Å²) in [7, 11) is 0. The second-order valence-corrected chi connectivity index (χ2v) is 12.0. The van der Waals surface area contributed by atoms with Crippen LogP contribution in [0.2, 0.25) is 0 Å². The fourth-order valence-electron chi connectivity index (χ4n) is 3.56. The van der Waals surface area contributed by atoms with Gasteiger partial charge in [0.15, 0.2) is 5.58 Å². The van der Waals surface area contributed by atoms with Crippen LogP contribution in [0.1, 0.15) is 67.1 Å². The summed E-state index contributed by atoms with van der Waals surface area (Å²) in [6.07, 6.45) is 3.05. The van der Waals surface area contributed by atoms with Crippen molar-refractivity contribution in [3.05, 3.63) is 65.2 Å². The Bertz CT molecular complexity index is 2300. The van der Waals surface area contributed by atoms with Gasteiger partial charge in [0.1, 0.15) is 22.9 Å². The van der Waals surface area contributed by atoms with E-state index in [2.05, 4.69) is 64.5 Å². The Morgan fingerprint density at radius 2 is 1.39 bits per heavy atom. The fourth-order valence-corrected chi connectivity index (χ4v) is 3.73. The first-order valence-electron chi connectivity index (χ1n) is 17.3. The monoisotopic (exact) mass is 877 g/mol. The van der Waals surface area contributed by atoms with Gasteiger partial charge >= 0.3 is 53.7 Å². The second-order valence-electron chi connectivity index (χ2n) is 11.0. The molecule has 26 heteroatoms. The minimum Gasteiger partial charge on any atom is -0.506 e. The standard InChI is InChI=1S/C10H7FN4O2.C8H11N3O3S.C7H8FNO.C5H7N3O3.C5H8O3/c1-5-2-8-7(3-6(5)11)13-9(17-8)14-10-15-12-4-16-10;1-4-13-7(12)6-10-11-8(14-6)9-5(2)15-3;1-4-2-7(10)6(9)3-5(4)8;1-2-10-4(9)3-7-8-5(6)11-3;1-3-8-5(7)4(2)6/h2-4H,1H3,(H,13,14,15);4H2,1-3H3;2-3,10H,9H2,1H3;2H2,1H3,(H2,6,8);3H2,1-2H3. The Kier molecular flexibility index (Phi) is 20.4. The van der Waals surface area contributed by atoms with Crippen molar-refractivity contribution in [1.82, 2.24) is 35.6 Å². The van der Waals surface area contributed by atoms with Crippen molar-refractivity contribution in [2.24, 2.45) is 4.99 Å². The molecule has 6 rings (SSSR count). The van der Waals surface area contributed by atoms with Crippen LogP contribution in [0.25, 0.3) is 11.1 Å². The molecule has 0 aliphatic heterocycles. The second kappa shape index (κ2) is 25.1. The number of carbonyl (C=O) groups excluding carboxylic acids is 4. The number of esters is 3. The summed E-state index contributed by atoms with van der Waals surface area (Å²) in [5.74, 6) is -3.78. The highest BCUT2D eigenvalue weighted by Crippen LogP contribution is 2.24. The van der Waals surface area contributed by atoms with Gasteiger partial charge in [-0.05, 0) is 71.1 Å². The van der Waals surface area contributed by atoms with Crippen LogP contribution >= 0.6 is 11.8 Å². The summed E-state index contributed by atoms with van der Waals surface area (Å²) in [5.41, 5.74) is 12.1. The van der Waals surface area contributed by atoms with E-state index in [4.69, 9.17) is 29.8 Å². The molecule has 2 aromatic carbocycles. The van der Waals surface area contributed by atoms with E-state index in [1.165, 1.54) is 37.2 Å². The first-order chi connectivity index (χ1) is 28.9. The lowest BCUT2D eigenvalue weighted by Crippen LogP contribution is -2.12. The van der Waals surface area contributed by atoms with Gasteiger partial charge in [0.05, 0.1) is 30.6 Å². The van der Waals surface area contributed by atoms with Crippen molar-refractivity contribution in [2.75, 3.05) is 42.9 Å². The summed E-state index contributed by atoms with van der Waals surface area (Å²) in [4.78, 5) is 50.2. The Hall–Kier alpha value is -7.51.